The molecule has 2 aromatic carbocycles. The maximum Gasteiger partial charge on any atom is 0.243 e. The average molecular weight is 423 g/mol. The highest BCUT2D eigenvalue weighted by Gasteiger charge is 2.26. The van der Waals surface area contributed by atoms with Crippen molar-refractivity contribution in [1.82, 2.24) is 9.29 Å². The summed E-state index contributed by atoms with van der Waals surface area (Å²) in [5.74, 6) is 0.561. The van der Waals surface area contributed by atoms with Crippen molar-refractivity contribution >= 4 is 15.9 Å². The number of anilines is 1. The quantitative estimate of drug-likeness (QED) is 0.645. The lowest BCUT2D eigenvalue weighted by atomic mass is 10.2. The highest BCUT2D eigenvalue weighted by molar-refractivity contribution is 7.89. The minimum Gasteiger partial charge on any atom is -0.419 e. The van der Waals surface area contributed by atoms with Crippen LogP contribution < -0.4 is 5.32 Å². The summed E-state index contributed by atoms with van der Waals surface area (Å²) in [5.41, 5.74) is 1.81. The first-order valence-electron chi connectivity index (χ1n) is 9.87. The number of rotatable bonds is 6. The molecule has 154 valence electrons. The summed E-state index contributed by atoms with van der Waals surface area (Å²) < 4.78 is 32.9. The number of nitriles is 1. The van der Waals surface area contributed by atoms with E-state index in [4.69, 9.17) is 4.42 Å². The van der Waals surface area contributed by atoms with Gasteiger partial charge < -0.3 is 9.73 Å². The van der Waals surface area contributed by atoms with E-state index in [1.807, 2.05) is 36.4 Å². The smallest absolute Gasteiger partial charge is 0.243 e. The molecule has 0 radical (unpaired) electrons. The van der Waals surface area contributed by atoms with Crippen LogP contribution in [0, 0.1) is 11.3 Å². The van der Waals surface area contributed by atoms with Gasteiger partial charge >= 0.3 is 0 Å². The number of benzene rings is 2. The first kappa shape index (κ1) is 20.1. The zero-order chi connectivity index (χ0) is 21.0. The molecule has 0 atom stereocenters. The van der Waals surface area contributed by atoms with E-state index in [2.05, 4.69) is 10.3 Å². The zero-order valence-corrected chi connectivity index (χ0v) is 17.2. The third-order valence-electron chi connectivity index (χ3n) is 5.08. The minimum absolute atomic E-state index is 0.158. The Kier molecular flexibility index (Phi) is 5.84. The Morgan fingerprint density at radius 3 is 2.40 bits per heavy atom. The van der Waals surface area contributed by atoms with Crippen molar-refractivity contribution in [1.29, 1.82) is 5.26 Å². The largest absolute Gasteiger partial charge is 0.419 e. The normalized spacial score (nSPS) is 14.9. The van der Waals surface area contributed by atoms with Gasteiger partial charge in [0, 0.05) is 25.2 Å². The van der Waals surface area contributed by atoms with Crippen molar-refractivity contribution in [3.05, 3.63) is 65.9 Å². The Bertz CT molecular complexity index is 1140. The van der Waals surface area contributed by atoms with Crippen LogP contribution in [-0.2, 0) is 16.6 Å². The van der Waals surface area contributed by atoms with Gasteiger partial charge in [-0.25, -0.2) is 8.42 Å². The van der Waals surface area contributed by atoms with Gasteiger partial charge in [-0.2, -0.15) is 14.6 Å². The second kappa shape index (κ2) is 8.69. The Balaban J connectivity index is 1.53. The molecule has 1 aliphatic heterocycles. The predicted octanol–water partition coefficient (Wildman–Crippen LogP) is 4.00. The summed E-state index contributed by atoms with van der Waals surface area (Å²) in [5, 5.41) is 12.5. The number of oxazole rings is 1. The van der Waals surface area contributed by atoms with Gasteiger partial charge in [-0.3, -0.25) is 0 Å². The van der Waals surface area contributed by atoms with Crippen LogP contribution in [0.2, 0.25) is 0 Å². The zero-order valence-electron chi connectivity index (χ0n) is 16.4. The van der Waals surface area contributed by atoms with Crippen LogP contribution in [0.4, 0.5) is 5.88 Å². The van der Waals surface area contributed by atoms with Crippen molar-refractivity contribution in [2.45, 2.75) is 30.7 Å². The lowest BCUT2D eigenvalue weighted by molar-refractivity contribution is 0.346. The van der Waals surface area contributed by atoms with Gasteiger partial charge in [-0.05, 0) is 42.7 Å². The molecule has 0 saturated carbocycles. The van der Waals surface area contributed by atoms with Crippen LogP contribution >= 0.6 is 0 Å². The predicted molar refractivity (Wildman–Crippen MR) is 113 cm³/mol. The topological polar surface area (TPSA) is 99.2 Å². The molecule has 1 aromatic heterocycles. The summed E-state index contributed by atoms with van der Waals surface area (Å²) in [6, 6.07) is 18.2. The van der Waals surface area contributed by atoms with Crippen molar-refractivity contribution in [3.63, 3.8) is 0 Å². The molecule has 0 spiro atoms. The number of sulfonamides is 1. The molecule has 2 heterocycles. The number of hydrogen-bond donors (Lipinski definition) is 1. The number of nitrogens with one attached hydrogen (secondary N) is 1. The molecule has 0 unspecified atom stereocenters. The van der Waals surface area contributed by atoms with Crippen LogP contribution in [0.25, 0.3) is 11.5 Å². The molecule has 7 nitrogen and oxygen atoms in total. The van der Waals surface area contributed by atoms with E-state index in [9.17, 15) is 13.7 Å². The Hall–Kier alpha value is -3.15. The van der Waals surface area contributed by atoms with Crippen LogP contribution in [0.3, 0.4) is 0 Å². The fourth-order valence-electron chi connectivity index (χ4n) is 3.44. The standard InChI is InChI=1S/C22H22N4O3S/c23-15-20-22(24-16-17-7-3-1-4-8-17)29-21(25-20)18-9-11-19(12-10-18)30(27,28)26-13-5-2-6-14-26/h1,3-4,7-12,24H,2,5-6,13-14,16H2. The van der Waals surface area contributed by atoms with E-state index < -0.39 is 10.0 Å². The second-order valence-electron chi connectivity index (χ2n) is 7.14. The van der Waals surface area contributed by atoms with E-state index in [0.717, 1.165) is 24.8 Å². The second-order valence-corrected chi connectivity index (χ2v) is 9.07. The molecule has 1 aliphatic rings. The molecule has 4 rings (SSSR count). The fourth-order valence-corrected chi connectivity index (χ4v) is 4.96. The van der Waals surface area contributed by atoms with E-state index >= 15 is 0 Å². The lowest BCUT2D eigenvalue weighted by Crippen LogP contribution is -2.35. The number of aromatic nitrogens is 1. The molecular weight excluding hydrogens is 400 g/mol. The van der Waals surface area contributed by atoms with Crippen molar-refractivity contribution in [3.8, 4) is 17.5 Å². The summed E-state index contributed by atoms with van der Waals surface area (Å²) in [6.45, 7) is 1.62. The van der Waals surface area contributed by atoms with Gasteiger partial charge in [0.2, 0.25) is 27.5 Å². The molecule has 1 saturated heterocycles. The van der Waals surface area contributed by atoms with Gasteiger partial charge in [0.15, 0.2) is 0 Å². The highest BCUT2D eigenvalue weighted by atomic mass is 32.2. The first-order chi connectivity index (χ1) is 14.6. The van der Waals surface area contributed by atoms with Crippen LogP contribution in [0.15, 0.2) is 63.9 Å². The van der Waals surface area contributed by atoms with Crippen molar-refractivity contribution in [2.24, 2.45) is 0 Å². The van der Waals surface area contributed by atoms with Crippen molar-refractivity contribution < 1.29 is 12.8 Å². The molecule has 8 heteroatoms. The van der Waals surface area contributed by atoms with Gasteiger partial charge in [-0.15, -0.1) is 0 Å². The van der Waals surface area contributed by atoms with Gasteiger partial charge in [0.05, 0.1) is 4.90 Å². The molecule has 0 bridgehead atoms. The first-order valence-corrected chi connectivity index (χ1v) is 11.3. The third-order valence-corrected chi connectivity index (χ3v) is 7.00. The van der Waals surface area contributed by atoms with Crippen LogP contribution in [0.1, 0.15) is 30.5 Å². The summed E-state index contributed by atoms with van der Waals surface area (Å²) >= 11 is 0. The van der Waals surface area contributed by atoms with Gasteiger partial charge in [-0.1, -0.05) is 36.8 Å². The van der Waals surface area contributed by atoms with E-state index in [-0.39, 0.29) is 16.5 Å². The van der Waals surface area contributed by atoms with E-state index in [0.29, 0.717) is 31.1 Å². The summed E-state index contributed by atoms with van der Waals surface area (Å²) in [6.07, 6.45) is 2.85. The van der Waals surface area contributed by atoms with Gasteiger partial charge in [0.25, 0.3) is 0 Å². The molecule has 0 amide bonds. The van der Waals surface area contributed by atoms with E-state index in [1.54, 1.807) is 24.3 Å². The molecule has 30 heavy (non-hydrogen) atoms. The van der Waals surface area contributed by atoms with Crippen LogP contribution in [-0.4, -0.2) is 30.8 Å². The maximum absolute atomic E-state index is 12.8. The molecule has 3 aromatic rings. The maximum atomic E-state index is 12.8. The summed E-state index contributed by atoms with van der Waals surface area (Å²) in [4.78, 5) is 4.50. The number of piperidine rings is 1. The molecule has 1 fully saturated rings. The minimum atomic E-state index is -3.49. The monoisotopic (exact) mass is 422 g/mol. The van der Waals surface area contributed by atoms with Crippen LogP contribution in [0.5, 0.6) is 0 Å². The van der Waals surface area contributed by atoms with Crippen molar-refractivity contribution in [2.75, 3.05) is 18.4 Å². The lowest BCUT2D eigenvalue weighted by Gasteiger charge is -2.25. The highest BCUT2D eigenvalue weighted by Crippen LogP contribution is 2.28. The Morgan fingerprint density at radius 2 is 1.73 bits per heavy atom. The third kappa shape index (κ3) is 4.22. The summed E-state index contributed by atoms with van der Waals surface area (Å²) in [7, 11) is -3.49. The number of hydrogen-bond acceptors (Lipinski definition) is 6. The number of nitrogens with zero attached hydrogens (tertiary/aromatic N) is 3. The fraction of sp³-hybridized carbons (Fsp3) is 0.273. The SMILES string of the molecule is N#Cc1nc(-c2ccc(S(=O)(=O)N3CCCCC3)cc2)oc1NCc1ccccc1. The average Bonchev–Trinajstić information content (AvgIpc) is 3.22. The van der Waals surface area contributed by atoms with E-state index in [1.165, 1.54) is 4.31 Å². The molecule has 1 N–H and O–H groups in total. The Morgan fingerprint density at radius 1 is 1.03 bits per heavy atom. The molecule has 0 aliphatic carbocycles. The Labute approximate surface area is 176 Å². The molecular formula is C22H22N4O3S. The van der Waals surface area contributed by atoms with Gasteiger partial charge in [0.1, 0.15) is 6.07 Å².